The van der Waals surface area contributed by atoms with E-state index < -0.39 is 11.7 Å². The second-order valence-electron chi connectivity index (χ2n) is 3.03. The van der Waals surface area contributed by atoms with E-state index in [2.05, 4.69) is 20.9 Å². The van der Waals surface area contributed by atoms with Crippen molar-refractivity contribution in [2.24, 2.45) is 0 Å². The van der Waals surface area contributed by atoms with Crippen molar-refractivity contribution in [2.75, 3.05) is 0 Å². The molecule has 0 atom stereocenters. The Labute approximate surface area is 97.2 Å². The van der Waals surface area contributed by atoms with Crippen LogP contribution in [0.25, 0.3) is 11.5 Å². The summed E-state index contributed by atoms with van der Waals surface area (Å²) in [6.45, 7) is 0. The van der Waals surface area contributed by atoms with Crippen molar-refractivity contribution in [3.05, 3.63) is 40.7 Å². The number of nitrogens with zero attached hydrogens (tertiary/aromatic N) is 1. The first-order chi connectivity index (χ1) is 7.48. The maximum atomic E-state index is 12.5. The number of alkyl halides is 3. The van der Waals surface area contributed by atoms with E-state index >= 15 is 0 Å². The number of hydrogen-bond acceptors (Lipinski definition) is 2. The summed E-state index contributed by atoms with van der Waals surface area (Å²) in [5.74, 6) is 0.151. The lowest BCUT2D eigenvalue weighted by molar-refractivity contribution is -0.137. The standard InChI is InChI=1S/C10H5BrF3NO/c11-8-2-1-6(10(12,13)14)5-7(8)9-15-3-4-16-9/h1-5H. The summed E-state index contributed by atoms with van der Waals surface area (Å²) < 4.78 is 42.9. The molecule has 6 heteroatoms. The van der Waals surface area contributed by atoms with Crippen LogP contribution in [0.1, 0.15) is 5.56 Å². The van der Waals surface area contributed by atoms with Crippen molar-refractivity contribution in [3.8, 4) is 11.5 Å². The fraction of sp³-hybridized carbons (Fsp3) is 0.100. The van der Waals surface area contributed by atoms with Crippen LogP contribution in [0.3, 0.4) is 0 Å². The highest BCUT2D eigenvalue weighted by Gasteiger charge is 2.31. The zero-order chi connectivity index (χ0) is 11.8. The van der Waals surface area contributed by atoms with Crippen LogP contribution in [0.15, 0.2) is 39.5 Å². The number of benzene rings is 1. The quantitative estimate of drug-likeness (QED) is 0.790. The molecular formula is C10H5BrF3NO. The molecule has 1 heterocycles. The minimum atomic E-state index is -4.37. The monoisotopic (exact) mass is 291 g/mol. The van der Waals surface area contributed by atoms with Crippen molar-refractivity contribution >= 4 is 15.9 Å². The molecule has 2 rings (SSSR count). The molecule has 0 aliphatic rings. The molecule has 0 saturated carbocycles. The molecule has 0 bridgehead atoms. The van der Waals surface area contributed by atoms with Gasteiger partial charge in [-0.15, -0.1) is 0 Å². The third-order valence-corrected chi connectivity index (χ3v) is 2.65. The Hall–Kier alpha value is -1.30. The third-order valence-electron chi connectivity index (χ3n) is 1.96. The largest absolute Gasteiger partial charge is 0.444 e. The number of aromatic nitrogens is 1. The molecule has 0 aliphatic heterocycles. The Morgan fingerprint density at radius 1 is 1.25 bits per heavy atom. The molecule has 0 radical (unpaired) electrons. The summed E-state index contributed by atoms with van der Waals surface area (Å²) in [4.78, 5) is 3.81. The van der Waals surface area contributed by atoms with Gasteiger partial charge in [0.05, 0.1) is 17.3 Å². The molecule has 1 aromatic heterocycles. The van der Waals surface area contributed by atoms with Crippen LogP contribution in [-0.4, -0.2) is 4.98 Å². The van der Waals surface area contributed by atoms with Gasteiger partial charge in [0.25, 0.3) is 0 Å². The van der Waals surface area contributed by atoms with E-state index in [1.165, 1.54) is 18.5 Å². The molecule has 0 amide bonds. The van der Waals surface area contributed by atoms with E-state index in [0.29, 0.717) is 4.47 Å². The Balaban J connectivity index is 2.54. The molecule has 84 valence electrons. The molecule has 0 N–H and O–H groups in total. The third kappa shape index (κ3) is 2.11. The summed E-state index contributed by atoms with van der Waals surface area (Å²) >= 11 is 3.15. The first kappa shape index (κ1) is 11.2. The maximum absolute atomic E-state index is 12.5. The van der Waals surface area contributed by atoms with Gasteiger partial charge in [-0.25, -0.2) is 4.98 Å². The molecule has 2 nitrogen and oxygen atoms in total. The molecule has 0 fully saturated rings. The molecule has 16 heavy (non-hydrogen) atoms. The molecule has 1 aromatic carbocycles. The number of hydrogen-bond donors (Lipinski definition) is 0. The fourth-order valence-corrected chi connectivity index (χ4v) is 1.64. The minimum absolute atomic E-state index is 0.151. The average Bonchev–Trinajstić information content (AvgIpc) is 2.69. The van der Waals surface area contributed by atoms with Crippen LogP contribution < -0.4 is 0 Å². The van der Waals surface area contributed by atoms with Crippen LogP contribution in [0.4, 0.5) is 13.2 Å². The van der Waals surface area contributed by atoms with Gasteiger partial charge in [0, 0.05) is 4.47 Å². The summed E-state index contributed by atoms with van der Waals surface area (Å²) in [6, 6.07) is 3.31. The molecule has 0 aliphatic carbocycles. The molecule has 0 unspecified atom stereocenters. The second kappa shape index (κ2) is 3.93. The lowest BCUT2D eigenvalue weighted by Crippen LogP contribution is -2.04. The van der Waals surface area contributed by atoms with Crippen molar-refractivity contribution in [1.29, 1.82) is 0 Å². The molecule has 2 aromatic rings. The predicted molar refractivity (Wildman–Crippen MR) is 54.6 cm³/mol. The maximum Gasteiger partial charge on any atom is 0.416 e. The van der Waals surface area contributed by atoms with Crippen molar-refractivity contribution in [2.45, 2.75) is 6.18 Å². The summed E-state index contributed by atoms with van der Waals surface area (Å²) in [5, 5.41) is 0. The molecule has 0 spiro atoms. The number of halogens is 4. The summed E-state index contributed by atoms with van der Waals surface area (Å²) in [6.07, 6.45) is -1.69. The van der Waals surface area contributed by atoms with Crippen LogP contribution in [-0.2, 0) is 6.18 Å². The number of rotatable bonds is 1. The van der Waals surface area contributed by atoms with E-state index in [-0.39, 0.29) is 11.5 Å². The van der Waals surface area contributed by atoms with Gasteiger partial charge in [-0.2, -0.15) is 13.2 Å². The highest BCUT2D eigenvalue weighted by Crippen LogP contribution is 2.35. The van der Waals surface area contributed by atoms with Gasteiger partial charge < -0.3 is 4.42 Å². The van der Waals surface area contributed by atoms with Crippen molar-refractivity contribution in [1.82, 2.24) is 4.98 Å². The first-order valence-electron chi connectivity index (χ1n) is 4.25. The zero-order valence-corrected chi connectivity index (χ0v) is 9.34. The van der Waals surface area contributed by atoms with Crippen molar-refractivity contribution < 1.29 is 17.6 Å². The van der Waals surface area contributed by atoms with Gasteiger partial charge in [0.1, 0.15) is 6.26 Å². The van der Waals surface area contributed by atoms with Crippen LogP contribution in [0.2, 0.25) is 0 Å². The van der Waals surface area contributed by atoms with E-state index in [9.17, 15) is 13.2 Å². The molecular weight excluding hydrogens is 287 g/mol. The smallest absolute Gasteiger partial charge is 0.416 e. The highest BCUT2D eigenvalue weighted by atomic mass is 79.9. The topological polar surface area (TPSA) is 26.0 Å². The van der Waals surface area contributed by atoms with Gasteiger partial charge in [0.2, 0.25) is 5.89 Å². The SMILES string of the molecule is FC(F)(F)c1ccc(Br)c(-c2ncco2)c1. The lowest BCUT2D eigenvalue weighted by atomic mass is 10.1. The van der Waals surface area contributed by atoms with Crippen LogP contribution in [0.5, 0.6) is 0 Å². The Morgan fingerprint density at radius 3 is 2.56 bits per heavy atom. The Bertz CT molecular complexity index is 493. The van der Waals surface area contributed by atoms with Gasteiger partial charge in [-0.3, -0.25) is 0 Å². The van der Waals surface area contributed by atoms with Gasteiger partial charge in [-0.05, 0) is 34.1 Å². The van der Waals surface area contributed by atoms with Crippen molar-refractivity contribution in [3.63, 3.8) is 0 Å². The normalized spacial score (nSPS) is 11.8. The van der Waals surface area contributed by atoms with E-state index in [1.54, 1.807) is 0 Å². The van der Waals surface area contributed by atoms with Crippen LogP contribution in [0, 0.1) is 0 Å². The van der Waals surface area contributed by atoms with Gasteiger partial charge in [0.15, 0.2) is 0 Å². The summed E-state index contributed by atoms with van der Waals surface area (Å²) in [7, 11) is 0. The van der Waals surface area contributed by atoms with E-state index in [4.69, 9.17) is 4.42 Å². The zero-order valence-electron chi connectivity index (χ0n) is 7.75. The second-order valence-corrected chi connectivity index (χ2v) is 3.88. The Morgan fingerprint density at radius 2 is 2.00 bits per heavy atom. The summed E-state index contributed by atoms with van der Waals surface area (Å²) in [5.41, 5.74) is -0.455. The van der Waals surface area contributed by atoms with Gasteiger partial charge in [-0.1, -0.05) is 0 Å². The average molecular weight is 292 g/mol. The number of oxazole rings is 1. The van der Waals surface area contributed by atoms with E-state index in [1.807, 2.05) is 0 Å². The Kier molecular flexibility index (Phi) is 2.75. The minimum Gasteiger partial charge on any atom is -0.444 e. The van der Waals surface area contributed by atoms with E-state index in [0.717, 1.165) is 12.1 Å². The first-order valence-corrected chi connectivity index (χ1v) is 5.04. The van der Waals surface area contributed by atoms with Gasteiger partial charge >= 0.3 is 6.18 Å². The fourth-order valence-electron chi connectivity index (χ4n) is 1.22. The molecule has 0 saturated heterocycles. The highest BCUT2D eigenvalue weighted by molar-refractivity contribution is 9.10. The van der Waals surface area contributed by atoms with Crippen LogP contribution >= 0.6 is 15.9 Å². The predicted octanol–water partition coefficient (Wildman–Crippen LogP) is 4.12. The lowest BCUT2D eigenvalue weighted by Gasteiger charge is -2.08.